The van der Waals surface area contributed by atoms with Gasteiger partial charge in [0.1, 0.15) is 0 Å². The maximum Gasteiger partial charge on any atom is 0.315 e. The SMILES string of the molecule is Cn1cc([C@@H]2[C@@H](CNC(=O)N[C@@H]3CCCOC3)CC(=O)N2C(C)(C)C)cn1. The molecular weight excluding hydrogens is 346 g/mol. The molecule has 2 N–H and O–H groups in total. The van der Waals surface area contributed by atoms with Gasteiger partial charge in [-0.2, -0.15) is 5.10 Å². The normalized spacial score (nSPS) is 26.3. The monoisotopic (exact) mass is 377 g/mol. The topological polar surface area (TPSA) is 88.5 Å². The number of likely N-dealkylation sites (tertiary alicyclic amines) is 1. The third-order valence-corrected chi connectivity index (χ3v) is 5.24. The van der Waals surface area contributed by atoms with Crippen LogP contribution in [0.25, 0.3) is 0 Å². The molecule has 3 atom stereocenters. The van der Waals surface area contributed by atoms with E-state index in [0.717, 1.165) is 25.0 Å². The molecule has 150 valence electrons. The fourth-order valence-corrected chi connectivity index (χ4v) is 4.10. The first-order valence-electron chi connectivity index (χ1n) is 9.68. The highest BCUT2D eigenvalue weighted by Crippen LogP contribution is 2.41. The Morgan fingerprint density at radius 3 is 2.78 bits per heavy atom. The lowest BCUT2D eigenvalue weighted by Crippen LogP contribution is -2.48. The Hall–Kier alpha value is -2.09. The van der Waals surface area contributed by atoms with Crippen LogP contribution in [0, 0.1) is 5.92 Å². The minimum atomic E-state index is -0.298. The second-order valence-electron chi connectivity index (χ2n) is 8.56. The largest absolute Gasteiger partial charge is 0.379 e. The lowest BCUT2D eigenvalue weighted by molar-refractivity contribution is -0.133. The molecule has 0 bridgehead atoms. The van der Waals surface area contributed by atoms with Gasteiger partial charge in [0.25, 0.3) is 0 Å². The molecule has 2 aliphatic rings. The predicted molar refractivity (Wildman–Crippen MR) is 101 cm³/mol. The Kier molecular flexibility index (Phi) is 5.74. The first-order valence-corrected chi connectivity index (χ1v) is 9.68. The molecule has 1 aromatic heterocycles. The van der Waals surface area contributed by atoms with Gasteiger partial charge in [0.15, 0.2) is 0 Å². The standard InChI is InChI=1S/C19H31N5O3/c1-19(2,3)24-16(25)8-13(17(24)14-10-21-23(4)11-14)9-20-18(26)22-15-6-5-7-27-12-15/h10-11,13,15,17H,5-9,12H2,1-4H3,(H2,20,22,26)/t13-,15-,17+/m1/s1. The Labute approximate surface area is 160 Å². The molecule has 3 amide bonds. The summed E-state index contributed by atoms with van der Waals surface area (Å²) >= 11 is 0. The Morgan fingerprint density at radius 1 is 1.41 bits per heavy atom. The lowest BCUT2D eigenvalue weighted by Gasteiger charge is -2.38. The highest BCUT2D eigenvalue weighted by Gasteiger charge is 2.45. The first-order chi connectivity index (χ1) is 12.8. The number of carbonyl (C=O) groups excluding carboxylic acids is 2. The number of nitrogens with one attached hydrogen (secondary N) is 2. The van der Waals surface area contributed by atoms with Crippen molar-refractivity contribution in [1.29, 1.82) is 0 Å². The second-order valence-corrected chi connectivity index (χ2v) is 8.56. The van der Waals surface area contributed by atoms with E-state index in [0.29, 0.717) is 19.6 Å². The third kappa shape index (κ3) is 4.61. The van der Waals surface area contributed by atoms with Gasteiger partial charge in [-0.3, -0.25) is 9.48 Å². The van der Waals surface area contributed by atoms with E-state index < -0.39 is 0 Å². The van der Waals surface area contributed by atoms with Crippen molar-refractivity contribution < 1.29 is 14.3 Å². The predicted octanol–water partition coefficient (Wildman–Crippen LogP) is 1.59. The molecule has 2 saturated heterocycles. The Bertz CT molecular complexity index is 675. The molecule has 8 nitrogen and oxygen atoms in total. The van der Waals surface area contributed by atoms with Crippen LogP contribution >= 0.6 is 0 Å². The number of urea groups is 1. The average molecular weight is 377 g/mol. The van der Waals surface area contributed by atoms with Crippen LogP contribution < -0.4 is 10.6 Å². The van der Waals surface area contributed by atoms with Crippen molar-refractivity contribution in [2.24, 2.45) is 13.0 Å². The number of rotatable bonds is 4. The number of aromatic nitrogens is 2. The summed E-state index contributed by atoms with van der Waals surface area (Å²) in [4.78, 5) is 27.0. The van der Waals surface area contributed by atoms with Crippen LogP contribution in [0.5, 0.6) is 0 Å². The fourth-order valence-electron chi connectivity index (χ4n) is 4.10. The van der Waals surface area contributed by atoms with Crippen molar-refractivity contribution in [1.82, 2.24) is 25.3 Å². The van der Waals surface area contributed by atoms with E-state index in [-0.39, 0.29) is 35.5 Å². The van der Waals surface area contributed by atoms with Gasteiger partial charge in [-0.05, 0) is 33.6 Å². The first kappa shape index (κ1) is 19.7. The van der Waals surface area contributed by atoms with Crippen molar-refractivity contribution in [3.63, 3.8) is 0 Å². The lowest BCUT2D eigenvalue weighted by atomic mass is 9.93. The van der Waals surface area contributed by atoms with Crippen molar-refractivity contribution in [2.75, 3.05) is 19.8 Å². The molecule has 0 aliphatic carbocycles. The number of nitrogens with zero attached hydrogens (tertiary/aromatic N) is 3. The van der Waals surface area contributed by atoms with E-state index in [1.807, 2.05) is 45.1 Å². The van der Waals surface area contributed by atoms with Gasteiger partial charge in [-0.1, -0.05) is 0 Å². The molecule has 8 heteroatoms. The molecule has 0 spiro atoms. The quantitative estimate of drug-likeness (QED) is 0.834. The van der Waals surface area contributed by atoms with E-state index in [9.17, 15) is 9.59 Å². The number of amides is 3. The second kappa shape index (κ2) is 7.88. The van der Waals surface area contributed by atoms with Crippen molar-refractivity contribution in [3.05, 3.63) is 18.0 Å². The van der Waals surface area contributed by atoms with Crippen LogP contribution in [0.15, 0.2) is 12.4 Å². The summed E-state index contributed by atoms with van der Waals surface area (Å²) < 4.78 is 7.15. The van der Waals surface area contributed by atoms with E-state index in [4.69, 9.17) is 4.74 Å². The van der Waals surface area contributed by atoms with Gasteiger partial charge in [-0.15, -0.1) is 0 Å². The van der Waals surface area contributed by atoms with Crippen molar-refractivity contribution in [3.8, 4) is 0 Å². The van der Waals surface area contributed by atoms with Crippen LogP contribution in [0.2, 0.25) is 0 Å². The van der Waals surface area contributed by atoms with Crippen LogP contribution in [0.4, 0.5) is 4.79 Å². The van der Waals surface area contributed by atoms with Gasteiger partial charge >= 0.3 is 6.03 Å². The molecule has 2 fully saturated rings. The average Bonchev–Trinajstić information content (AvgIpc) is 3.16. The molecule has 27 heavy (non-hydrogen) atoms. The highest BCUT2D eigenvalue weighted by atomic mass is 16.5. The number of hydrogen-bond donors (Lipinski definition) is 2. The molecular formula is C19H31N5O3. The van der Waals surface area contributed by atoms with Gasteiger partial charge in [0, 0.05) is 49.8 Å². The number of hydrogen-bond acceptors (Lipinski definition) is 4. The van der Waals surface area contributed by atoms with Crippen LogP contribution in [-0.2, 0) is 16.6 Å². The molecule has 0 aromatic carbocycles. The maximum absolute atomic E-state index is 12.7. The molecule has 3 heterocycles. The van der Waals surface area contributed by atoms with Gasteiger partial charge in [-0.25, -0.2) is 4.79 Å². The van der Waals surface area contributed by atoms with Crippen LogP contribution in [0.1, 0.15) is 51.6 Å². The molecule has 0 radical (unpaired) electrons. The number of aryl methyl sites for hydroxylation is 1. The summed E-state index contributed by atoms with van der Waals surface area (Å²) in [5, 5.41) is 10.2. The summed E-state index contributed by atoms with van der Waals surface area (Å²) in [7, 11) is 1.87. The van der Waals surface area contributed by atoms with Crippen LogP contribution in [-0.4, -0.2) is 58.0 Å². The van der Waals surface area contributed by atoms with E-state index in [2.05, 4.69) is 15.7 Å². The molecule has 3 rings (SSSR count). The minimum Gasteiger partial charge on any atom is -0.379 e. The van der Waals surface area contributed by atoms with Crippen LogP contribution in [0.3, 0.4) is 0 Å². The number of ether oxygens (including phenoxy) is 1. The van der Waals surface area contributed by atoms with E-state index >= 15 is 0 Å². The summed E-state index contributed by atoms with van der Waals surface area (Å²) in [6.07, 6.45) is 6.09. The zero-order chi connectivity index (χ0) is 19.6. The Balaban J connectivity index is 1.67. The van der Waals surface area contributed by atoms with Gasteiger partial charge < -0.3 is 20.3 Å². The van der Waals surface area contributed by atoms with Crippen molar-refractivity contribution >= 4 is 11.9 Å². The summed E-state index contributed by atoms with van der Waals surface area (Å²) in [6, 6.07) is -0.231. The maximum atomic E-state index is 12.7. The Morgan fingerprint density at radius 2 is 2.19 bits per heavy atom. The van der Waals surface area contributed by atoms with E-state index in [1.54, 1.807) is 4.68 Å². The number of carbonyl (C=O) groups is 2. The summed E-state index contributed by atoms with van der Waals surface area (Å²) in [6.45, 7) is 7.89. The zero-order valence-corrected chi connectivity index (χ0v) is 16.7. The zero-order valence-electron chi connectivity index (χ0n) is 16.7. The molecule has 0 unspecified atom stereocenters. The minimum absolute atomic E-state index is 0.00859. The van der Waals surface area contributed by atoms with E-state index in [1.165, 1.54) is 0 Å². The van der Waals surface area contributed by atoms with Gasteiger partial charge in [0.05, 0.1) is 24.9 Å². The highest BCUT2D eigenvalue weighted by molar-refractivity contribution is 5.81. The van der Waals surface area contributed by atoms with Gasteiger partial charge in [0.2, 0.25) is 5.91 Å². The molecule has 1 aromatic rings. The van der Waals surface area contributed by atoms with Crippen molar-refractivity contribution in [2.45, 2.75) is 57.7 Å². The fraction of sp³-hybridized carbons (Fsp3) is 0.737. The smallest absolute Gasteiger partial charge is 0.315 e. The molecule has 2 aliphatic heterocycles. The summed E-state index contributed by atoms with van der Waals surface area (Å²) in [5.41, 5.74) is 0.708. The molecule has 0 saturated carbocycles. The third-order valence-electron chi connectivity index (χ3n) is 5.24. The summed E-state index contributed by atoms with van der Waals surface area (Å²) in [5.74, 6) is 0.124.